The second-order valence-electron chi connectivity index (χ2n) is 6.10. The monoisotopic (exact) mass is 209 g/mol. The first-order valence-electron chi connectivity index (χ1n) is 6.99. The molecule has 0 unspecified atom stereocenters. The highest BCUT2D eigenvalue weighted by Gasteiger charge is 2.36. The molecule has 2 fully saturated rings. The first-order chi connectivity index (χ1) is 7.21. The van der Waals surface area contributed by atoms with Crippen LogP contribution < -0.4 is 5.73 Å². The molecular weight excluding hydrogens is 182 g/mol. The van der Waals surface area contributed by atoms with Crippen molar-refractivity contribution in [1.82, 2.24) is 0 Å². The largest absolute Gasteiger partial charge is 0.325 e. The Labute approximate surface area is 94.8 Å². The topological polar surface area (TPSA) is 26.0 Å². The Hall–Kier alpha value is -0.0400. The molecule has 2 N–H and O–H groups in total. The second-order valence-corrected chi connectivity index (χ2v) is 6.10. The number of hydrogen-bond acceptors (Lipinski definition) is 1. The van der Waals surface area contributed by atoms with Gasteiger partial charge >= 0.3 is 0 Å². The third kappa shape index (κ3) is 2.75. The summed E-state index contributed by atoms with van der Waals surface area (Å²) in [6.07, 6.45) is 13.8. The highest BCUT2D eigenvalue weighted by atomic mass is 14.8. The van der Waals surface area contributed by atoms with E-state index in [9.17, 15) is 0 Å². The molecule has 2 aliphatic rings. The van der Waals surface area contributed by atoms with E-state index in [0.29, 0.717) is 0 Å². The summed E-state index contributed by atoms with van der Waals surface area (Å²) < 4.78 is 0. The lowest BCUT2D eigenvalue weighted by molar-refractivity contribution is 0.161. The predicted molar refractivity (Wildman–Crippen MR) is 65.7 cm³/mol. The molecule has 1 nitrogen and oxygen atoms in total. The van der Waals surface area contributed by atoms with Crippen LogP contribution >= 0.6 is 0 Å². The Kier molecular flexibility index (Phi) is 3.71. The lowest BCUT2D eigenvalue weighted by Gasteiger charge is -2.40. The van der Waals surface area contributed by atoms with Gasteiger partial charge in [-0.15, -0.1) is 0 Å². The Bertz CT molecular complexity index is 184. The maximum absolute atomic E-state index is 6.68. The molecule has 88 valence electrons. The van der Waals surface area contributed by atoms with Gasteiger partial charge in [0.1, 0.15) is 0 Å². The zero-order chi connectivity index (χ0) is 10.7. The third-order valence-electron chi connectivity index (χ3n) is 4.86. The van der Waals surface area contributed by atoms with Crippen LogP contribution in [0.15, 0.2) is 0 Å². The quantitative estimate of drug-likeness (QED) is 0.652. The van der Waals surface area contributed by atoms with E-state index in [-0.39, 0.29) is 5.54 Å². The van der Waals surface area contributed by atoms with Crippen LogP contribution in [0.5, 0.6) is 0 Å². The molecule has 0 heterocycles. The SMILES string of the molecule is CC1CCC(C2(N)CCCCCC2)CC1. The normalized spacial score (nSPS) is 37.2. The molecule has 0 spiro atoms. The Morgan fingerprint density at radius 1 is 0.867 bits per heavy atom. The van der Waals surface area contributed by atoms with Gasteiger partial charge in [-0.05, 0) is 37.5 Å². The van der Waals surface area contributed by atoms with Crippen molar-refractivity contribution < 1.29 is 0 Å². The van der Waals surface area contributed by atoms with E-state index in [1.807, 2.05) is 0 Å². The summed E-state index contributed by atoms with van der Waals surface area (Å²) in [4.78, 5) is 0. The Morgan fingerprint density at radius 2 is 1.40 bits per heavy atom. The maximum Gasteiger partial charge on any atom is 0.0182 e. The Morgan fingerprint density at radius 3 is 1.93 bits per heavy atom. The predicted octanol–water partition coefficient (Wildman–Crippen LogP) is 3.86. The van der Waals surface area contributed by atoms with Crippen molar-refractivity contribution in [3.05, 3.63) is 0 Å². The van der Waals surface area contributed by atoms with Gasteiger partial charge in [0.25, 0.3) is 0 Å². The van der Waals surface area contributed by atoms with Crippen molar-refractivity contribution in [2.24, 2.45) is 17.6 Å². The molecule has 0 aromatic rings. The van der Waals surface area contributed by atoms with Gasteiger partial charge in [0.05, 0.1) is 0 Å². The first kappa shape index (κ1) is 11.4. The van der Waals surface area contributed by atoms with E-state index in [2.05, 4.69) is 6.92 Å². The minimum Gasteiger partial charge on any atom is -0.325 e. The fourth-order valence-corrected chi connectivity index (χ4v) is 3.63. The van der Waals surface area contributed by atoms with Crippen LogP contribution in [0.4, 0.5) is 0 Å². The summed E-state index contributed by atoms with van der Waals surface area (Å²) in [5, 5.41) is 0. The molecule has 2 saturated carbocycles. The summed E-state index contributed by atoms with van der Waals surface area (Å²) in [6, 6.07) is 0. The van der Waals surface area contributed by atoms with E-state index in [1.54, 1.807) is 0 Å². The van der Waals surface area contributed by atoms with E-state index < -0.39 is 0 Å². The molecule has 15 heavy (non-hydrogen) atoms. The van der Waals surface area contributed by atoms with Crippen molar-refractivity contribution in [3.63, 3.8) is 0 Å². The third-order valence-corrected chi connectivity index (χ3v) is 4.86. The van der Waals surface area contributed by atoms with Crippen LogP contribution in [0.1, 0.15) is 71.1 Å². The standard InChI is InChI=1S/C14H27N/c1-12-6-8-13(9-7-12)14(15)10-4-2-3-5-11-14/h12-13H,2-11,15H2,1H3. The lowest BCUT2D eigenvalue weighted by Crippen LogP contribution is -2.47. The van der Waals surface area contributed by atoms with Gasteiger partial charge in [-0.1, -0.05) is 45.4 Å². The lowest BCUT2D eigenvalue weighted by atomic mass is 9.69. The molecular formula is C14H27N. The van der Waals surface area contributed by atoms with Crippen molar-refractivity contribution in [2.75, 3.05) is 0 Å². The average Bonchev–Trinajstić information content (AvgIpc) is 2.45. The summed E-state index contributed by atoms with van der Waals surface area (Å²) in [5.41, 5.74) is 6.90. The highest BCUT2D eigenvalue weighted by Crippen LogP contribution is 2.40. The fourth-order valence-electron chi connectivity index (χ4n) is 3.63. The molecule has 0 aliphatic heterocycles. The van der Waals surface area contributed by atoms with Crippen LogP contribution in [0.25, 0.3) is 0 Å². The van der Waals surface area contributed by atoms with Crippen LogP contribution in [0.3, 0.4) is 0 Å². The molecule has 0 saturated heterocycles. The van der Waals surface area contributed by atoms with Gasteiger partial charge in [-0.25, -0.2) is 0 Å². The molecule has 0 amide bonds. The molecule has 0 aromatic heterocycles. The fraction of sp³-hybridized carbons (Fsp3) is 1.00. The summed E-state index contributed by atoms with van der Waals surface area (Å²) in [5.74, 6) is 1.79. The number of hydrogen-bond donors (Lipinski definition) is 1. The second kappa shape index (κ2) is 4.86. The van der Waals surface area contributed by atoms with Gasteiger partial charge in [0, 0.05) is 5.54 Å². The molecule has 0 aromatic carbocycles. The van der Waals surface area contributed by atoms with Crippen LogP contribution in [0.2, 0.25) is 0 Å². The van der Waals surface area contributed by atoms with Gasteiger partial charge < -0.3 is 5.73 Å². The highest BCUT2D eigenvalue weighted by molar-refractivity contribution is 4.94. The number of nitrogens with two attached hydrogens (primary N) is 1. The smallest absolute Gasteiger partial charge is 0.0182 e. The van der Waals surface area contributed by atoms with Gasteiger partial charge in [0.2, 0.25) is 0 Å². The van der Waals surface area contributed by atoms with E-state index in [0.717, 1.165) is 11.8 Å². The van der Waals surface area contributed by atoms with Crippen molar-refractivity contribution in [2.45, 2.75) is 76.7 Å². The van der Waals surface area contributed by atoms with Crippen LogP contribution in [-0.4, -0.2) is 5.54 Å². The molecule has 0 atom stereocenters. The maximum atomic E-state index is 6.68. The minimum atomic E-state index is 0.219. The van der Waals surface area contributed by atoms with Crippen LogP contribution in [-0.2, 0) is 0 Å². The van der Waals surface area contributed by atoms with Gasteiger partial charge in [-0.3, -0.25) is 0 Å². The van der Waals surface area contributed by atoms with E-state index in [4.69, 9.17) is 5.73 Å². The van der Waals surface area contributed by atoms with Crippen LogP contribution in [0, 0.1) is 11.8 Å². The van der Waals surface area contributed by atoms with Crippen molar-refractivity contribution in [1.29, 1.82) is 0 Å². The first-order valence-corrected chi connectivity index (χ1v) is 6.99. The minimum absolute atomic E-state index is 0.219. The Balaban J connectivity index is 1.94. The van der Waals surface area contributed by atoms with Gasteiger partial charge in [-0.2, -0.15) is 0 Å². The summed E-state index contributed by atoms with van der Waals surface area (Å²) in [7, 11) is 0. The molecule has 1 heteroatoms. The van der Waals surface area contributed by atoms with Crippen molar-refractivity contribution in [3.8, 4) is 0 Å². The zero-order valence-corrected chi connectivity index (χ0v) is 10.3. The average molecular weight is 209 g/mol. The molecule has 2 aliphatic carbocycles. The molecule has 0 radical (unpaired) electrons. The number of rotatable bonds is 1. The zero-order valence-electron chi connectivity index (χ0n) is 10.3. The summed E-state index contributed by atoms with van der Waals surface area (Å²) >= 11 is 0. The van der Waals surface area contributed by atoms with Crippen molar-refractivity contribution >= 4 is 0 Å². The van der Waals surface area contributed by atoms with E-state index >= 15 is 0 Å². The molecule has 0 bridgehead atoms. The van der Waals surface area contributed by atoms with Gasteiger partial charge in [0.15, 0.2) is 0 Å². The molecule has 2 rings (SSSR count). The van der Waals surface area contributed by atoms with E-state index in [1.165, 1.54) is 64.2 Å². The summed E-state index contributed by atoms with van der Waals surface area (Å²) in [6.45, 7) is 2.40.